The fourth-order valence-corrected chi connectivity index (χ4v) is 4.46. The van der Waals surface area contributed by atoms with E-state index in [1.807, 2.05) is 55.2 Å². The number of fused-ring (bicyclic) bond motifs is 1. The van der Waals surface area contributed by atoms with Crippen molar-refractivity contribution in [1.29, 1.82) is 0 Å². The first-order chi connectivity index (χ1) is 15.6. The van der Waals surface area contributed by atoms with Crippen molar-refractivity contribution in [2.75, 3.05) is 18.4 Å². The molecule has 1 saturated heterocycles. The minimum Gasteiger partial charge on any atom is -0.437 e. The third-order valence-corrected chi connectivity index (χ3v) is 6.22. The quantitative estimate of drug-likeness (QED) is 0.459. The molecule has 9 heteroatoms. The molecule has 164 valence electrons. The topological polar surface area (TPSA) is 83.5 Å². The summed E-state index contributed by atoms with van der Waals surface area (Å²) in [5, 5.41) is 22.6. The maximum atomic E-state index is 10.1. The van der Waals surface area contributed by atoms with Gasteiger partial charge in [0.05, 0.1) is 18.1 Å². The zero-order valence-corrected chi connectivity index (χ0v) is 18.5. The number of nitrogens with zero attached hydrogens (tertiary/aromatic N) is 6. The Hall–Kier alpha value is -3.17. The number of hydrogen-bond donors (Lipinski definition) is 2. The Morgan fingerprint density at radius 1 is 1.19 bits per heavy atom. The molecule has 1 unspecified atom stereocenters. The Kier molecular flexibility index (Phi) is 5.67. The average Bonchev–Trinajstić information content (AvgIpc) is 3.44. The molecule has 1 aliphatic rings. The second-order valence-electron chi connectivity index (χ2n) is 8.57. The van der Waals surface area contributed by atoms with Crippen molar-refractivity contribution in [2.45, 2.75) is 32.1 Å². The highest BCUT2D eigenvalue weighted by Gasteiger charge is 2.28. The van der Waals surface area contributed by atoms with E-state index in [9.17, 15) is 5.02 Å². The predicted octanol–water partition coefficient (Wildman–Crippen LogP) is 3.03. The van der Waals surface area contributed by atoms with Crippen LogP contribution in [0.3, 0.4) is 0 Å². The summed E-state index contributed by atoms with van der Waals surface area (Å²) in [7, 11) is 1.46. The van der Waals surface area contributed by atoms with E-state index in [4.69, 9.17) is 4.98 Å². The number of anilines is 1. The Labute approximate surface area is 188 Å². The van der Waals surface area contributed by atoms with E-state index >= 15 is 0 Å². The summed E-state index contributed by atoms with van der Waals surface area (Å²) in [4.78, 5) is 7.19. The average molecular weight is 429 g/mol. The minimum atomic E-state index is -0.446. The second-order valence-corrected chi connectivity index (χ2v) is 8.57. The van der Waals surface area contributed by atoms with Crippen molar-refractivity contribution in [3.8, 4) is 11.1 Å². The number of piperidine rings is 1. The molecule has 1 fully saturated rings. The summed E-state index contributed by atoms with van der Waals surface area (Å²) in [6.45, 7) is 4.26. The van der Waals surface area contributed by atoms with Gasteiger partial charge in [-0.3, -0.25) is 4.68 Å². The van der Waals surface area contributed by atoms with Gasteiger partial charge in [-0.1, -0.05) is 30.3 Å². The van der Waals surface area contributed by atoms with Crippen molar-refractivity contribution in [3.63, 3.8) is 0 Å². The van der Waals surface area contributed by atoms with Crippen LogP contribution >= 0.6 is 0 Å². The zero-order valence-electron chi connectivity index (χ0n) is 18.5. The first kappa shape index (κ1) is 20.7. The van der Waals surface area contributed by atoms with Gasteiger partial charge >= 0.3 is 7.05 Å². The van der Waals surface area contributed by atoms with Gasteiger partial charge in [0, 0.05) is 42.9 Å². The van der Waals surface area contributed by atoms with Gasteiger partial charge < -0.3 is 15.2 Å². The molecule has 3 aromatic heterocycles. The Morgan fingerprint density at radius 3 is 2.78 bits per heavy atom. The molecular weight excluding hydrogens is 401 g/mol. The maximum Gasteiger partial charge on any atom is 0.376 e. The Morgan fingerprint density at radius 2 is 2.03 bits per heavy atom. The Balaban J connectivity index is 1.55. The lowest BCUT2D eigenvalue weighted by Gasteiger charge is -2.33. The van der Waals surface area contributed by atoms with Gasteiger partial charge in [-0.2, -0.15) is 14.7 Å². The van der Waals surface area contributed by atoms with E-state index in [1.54, 1.807) is 4.68 Å². The number of aryl methyl sites for hydroxylation is 1. The van der Waals surface area contributed by atoms with Crippen LogP contribution in [0.4, 0.5) is 5.82 Å². The lowest BCUT2D eigenvalue weighted by molar-refractivity contribution is 0.283. The molecule has 1 aromatic carbocycles. The number of hydrogen-bond acceptors (Lipinski definition) is 6. The third kappa shape index (κ3) is 4.13. The lowest BCUT2D eigenvalue weighted by Crippen LogP contribution is -2.43. The summed E-state index contributed by atoms with van der Waals surface area (Å²) < 4.78 is 3.67. The largest absolute Gasteiger partial charge is 0.437 e. The van der Waals surface area contributed by atoms with Gasteiger partial charge in [0.25, 0.3) is 0 Å². The second kappa shape index (κ2) is 8.76. The highest BCUT2D eigenvalue weighted by atomic mass is 16.2. The van der Waals surface area contributed by atoms with Gasteiger partial charge in [0.2, 0.25) is 0 Å². The Bertz CT molecular complexity index is 1200. The van der Waals surface area contributed by atoms with Crippen LogP contribution in [0.1, 0.15) is 30.0 Å². The molecule has 32 heavy (non-hydrogen) atoms. The van der Waals surface area contributed by atoms with Gasteiger partial charge in [-0.25, -0.2) is 4.98 Å². The zero-order chi connectivity index (χ0) is 22.1. The molecule has 0 aliphatic carbocycles. The molecule has 0 amide bonds. The van der Waals surface area contributed by atoms with Gasteiger partial charge in [0.15, 0.2) is 5.65 Å². The van der Waals surface area contributed by atoms with E-state index in [0.717, 1.165) is 54.2 Å². The highest BCUT2D eigenvalue weighted by molar-refractivity contribution is 6.45. The van der Waals surface area contributed by atoms with E-state index in [-0.39, 0.29) is 5.92 Å². The summed E-state index contributed by atoms with van der Waals surface area (Å²) in [5.41, 5.74) is 5.02. The molecular formula is C23H28BN7O. The maximum absolute atomic E-state index is 10.1. The van der Waals surface area contributed by atoms with Gasteiger partial charge in [-0.05, 0) is 38.3 Å². The van der Waals surface area contributed by atoms with Gasteiger partial charge in [-0.15, -0.1) is 0 Å². The molecule has 1 atom stereocenters. The summed E-state index contributed by atoms with van der Waals surface area (Å²) >= 11 is 0. The number of aromatic nitrogens is 5. The first-order valence-electron chi connectivity index (χ1n) is 11.2. The molecule has 1 aliphatic heterocycles. The van der Waals surface area contributed by atoms with E-state index < -0.39 is 7.05 Å². The fraction of sp³-hybridized carbons (Fsp3) is 0.348. The van der Waals surface area contributed by atoms with Crippen molar-refractivity contribution >= 4 is 18.5 Å². The van der Waals surface area contributed by atoms with E-state index in [0.29, 0.717) is 6.54 Å². The number of nitrogens with one attached hydrogen (secondary N) is 1. The highest BCUT2D eigenvalue weighted by Crippen LogP contribution is 2.31. The molecule has 5 rings (SSSR count). The monoisotopic (exact) mass is 429 g/mol. The van der Waals surface area contributed by atoms with Crippen LogP contribution in [0.15, 0.2) is 55.0 Å². The standard InChI is InChI=1S/C23H28BN7O/c1-24(32)30-10-6-9-18(16-30)21-11-22(25-12-17-7-4-3-5-8-17)31-23(28-21)20(14-27-31)19-13-26-29(2)15-19/h3-5,7-8,11,13-15,18,25,32H,6,9-10,12,16H2,1-2H3. The molecule has 2 N–H and O–H groups in total. The predicted molar refractivity (Wildman–Crippen MR) is 126 cm³/mol. The van der Waals surface area contributed by atoms with Crippen LogP contribution in [0.2, 0.25) is 6.82 Å². The van der Waals surface area contributed by atoms with Crippen LogP contribution in [-0.4, -0.2) is 54.4 Å². The molecule has 0 bridgehead atoms. The van der Waals surface area contributed by atoms with Crippen LogP contribution in [-0.2, 0) is 13.6 Å². The van der Waals surface area contributed by atoms with Crippen LogP contribution < -0.4 is 5.32 Å². The molecule has 0 spiro atoms. The van der Waals surface area contributed by atoms with Crippen LogP contribution in [0.25, 0.3) is 16.8 Å². The number of rotatable bonds is 6. The SMILES string of the molecule is CB(O)N1CCCC(c2cc(NCc3ccccc3)n3ncc(-c4cnn(C)c4)c3n2)C1. The van der Waals surface area contributed by atoms with Crippen LogP contribution in [0.5, 0.6) is 0 Å². The normalized spacial score (nSPS) is 17.0. The van der Waals surface area contributed by atoms with Crippen molar-refractivity contribution < 1.29 is 5.02 Å². The summed E-state index contributed by atoms with van der Waals surface area (Å²) in [6, 6.07) is 12.5. The fourth-order valence-electron chi connectivity index (χ4n) is 4.46. The van der Waals surface area contributed by atoms with E-state index in [1.165, 1.54) is 5.56 Å². The molecule has 4 aromatic rings. The number of benzene rings is 1. The minimum absolute atomic E-state index is 0.261. The molecule has 0 radical (unpaired) electrons. The van der Waals surface area contributed by atoms with Crippen molar-refractivity contribution in [3.05, 3.63) is 66.2 Å². The lowest BCUT2D eigenvalue weighted by atomic mass is 9.80. The van der Waals surface area contributed by atoms with Gasteiger partial charge in [0.1, 0.15) is 5.82 Å². The van der Waals surface area contributed by atoms with Crippen LogP contribution in [0, 0.1) is 0 Å². The van der Waals surface area contributed by atoms with Crippen molar-refractivity contribution in [2.24, 2.45) is 7.05 Å². The third-order valence-electron chi connectivity index (χ3n) is 6.22. The summed E-state index contributed by atoms with van der Waals surface area (Å²) in [6.07, 6.45) is 7.79. The van der Waals surface area contributed by atoms with Crippen molar-refractivity contribution in [1.82, 2.24) is 29.2 Å². The molecule has 8 nitrogen and oxygen atoms in total. The smallest absolute Gasteiger partial charge is 0.376 e. The summed E-state index contributed by atoms with van der Waals surface area (Å²) in [5.74, 6) is 1.18. The molecule has 4 heterocycles. The molecule has 0 saturated carbocycles. The first-order valence-corrected chi connectivity index (χ1v) is 11.2. The van der Waals surface area contributed by atoms with E-state index in [2.05, 4.69) is 38.5 Å².